The van der Waals surface area contributed by atoms with E-state index in [2.05, 4.69) is 11.7 Å². The minimum atomic E-state index is -0.529. The van der Waals surface area contributed by atoms with E-state index in [4.69, 9.17) is 10.5 Å². The summed E-state index contributed by atoms with van der Waals surface area (Å²) in [6, 6.07) is 14.0. The van der Waals surface area contributed by atoms with Gasteiger partial charge in [-0.05, 0) is 17.2 Å². The van der Waals surface area contributed by atoms with E-state index in [-0.39, 0.29) is 0 Å². The lowest BCUT2D eigenvalue weighted by molar-refractivity contribution is -0.379. The normalized spacial score (nSPS) is 13.7. The Morgan fingerprint density at radius 2 is 2.00 bits per heavy atom. The second-order valence-electron chi connectivity index (χ2n) is 5.94. The number of primary amides is 1. The highest BCUT2D eigenvalue weighted by Gasteiger charge is 2.26. The zero-order valence-electron chi connectivity index (χ0n) is 14.2. The van der Waals surface area contributed by atoms with Gasteiger partial charge in [-0.2, -0.15) is 4.58 Å². The number of aromatic nitrogens is 2. The first-order valence-corrected chi connectivity index (χ1v) is 8.03. The fraction of sp³-hybridized carbons (Fsp3) is 0.0500. The van der Waals surface area contributed by atoms with Crippen LogP contribution < -0.4 is 10.5 Å². The molecule has 3 aromatic rings. The predicted octanol–water partition coefficient (Wildman–Crippen LogP) is 2.45. The lowest BCUT2D eigenvalue weighted by atomic mass is 10.1. The van der Waals surface area contributed by atoms with Gasteiger partial charge in [-0.25, -0.2) is 4.98 Å². The van der Waals surface area contributed by atoms with Crippen LogP contribution in [0.25, 0.3) is 22.3 Å². The number of benzene rings is 1. The molecule has 0 atom stereocenters. The van der Waals surface area contributed by atoms with Crippen molar-refractivity contribution in [2.75, 3.05) is 7.11 Å². The number of pyridine rings is 1. The van der Waals surface area contributed by atoms with Gasteiger partial charge in [0.05, 0.1) is 24.6 Å². The van der Waals surface area contributed by atoms with E-state index in [1.165, 1.54) is 4.58 Å². The average molecular weight is 345 g/mol. The van der Waals surface area contributed by atoms with Crippen LogP contribution in [0.1, 0.15) is 5.69 Å². The number of methoxy groups -OCH3 is 1. The van der Waals surface area contributed by atoms with Crippen molar-refractivity contribution in [3.8, 4) is 17.0 Å². The van der Waals surface area contributed by atoms with Gasteiger partial charge in [0.1, 0.15) is 12.4 Å². The summed E-state index contributed by atoms with van der Waals surface area (Å²) in [4.78, 5) is 16.0. The fourth-order valence-electron chi connectivity index (χ4n) is 3.09. The van der Waals surface area contributed by atoms with E-state index in [1.54, 1.807) is 25.6 Å². The maximum atomic E-state index is 11.5. The molecule has 1 aliphatic heterocycles. The van der Waals surface area contributed by atoms with Gasteiger partial charge in [0.25, 0.3) is 5.70 Å². The Bertz CT molecular complexity index is 1110. The van der Waals surface area contributed by atoms with Gasteiger partial charge in [-0.15, -0.1) is 0 Å². The molecule has 0 unspecified atom stereocenters. The summed E-state index contributed by atoms with van der Waals surface area (Å²) in [6.45, 7) is 3.80. The van der Waals surface area contributed by atoms with E-state index in [0.717, 1.165) is 28.0 Å². The summed E-state index contributed by atoms with van der Waals surface area (Å²) < 4.78 is 8.96. The van der Waals surface area contributed by atoms with Gasteiger partial charge in [0, 0.05) is 12.1 Å². The summed E-state index contributed by atoms with van der Waals surface area (Å²) in [5.41, 5.74) is 10.1. The van der Waals surface area contributed by atoms with Gasteiger partial charge >= 0.3 is 5.91 Å². The standard InChI is InChI=1S/C20H16N4O2/c1-23-12-15(8-16(23)20(21)25)17-11-22-18-9-14(10-19(26-2)24(17)18)13-6-4-3-5-7-13/h3-12H,1H2,2H3,(H-,21,25)/p+1. The molecule has 3 heterocycles. The lowest BCUT2D eigenvalue weighted by Crippen LogP contribution is -2.18. The Balaban J connectivity index is 1.88. The maximum absolute atomic E-state index is 11.5. The van der Waals surface area contributed by atoms with Gasteiger partial charge in [-0.3, -0.25) is 9.20 Å². The second kappa shape index (κ2) is 6.00. The molecule has 128 valence electrons. The van der Waals surface area contributed by atoms with Crippen molar-refractivity contribution in [2.24, 2.45) is 5.73 Å². The van der Waals surface area contributed by atoms with Crippen molar-refractivity contribution in [2.45, 2.75) is 0 Å². The Labute approximate surface area is 150 Å². The quantitative estimate of drug-likeness (QED) is 0.738. The Morgan fingerprint density at radius 1 is 1.23 bits per heavy atom. The van der Waals surface area contributed by atoms with E-state index in [9.17, 15) is 4.79 Å². The molecule has 0 bridgehead atoms. The van der Waals surface area contributed by atoms with Crippen LogP contribution in [0.4, 0.5) is 0 Å². The smallest absolute Gasteiger partial charge is 0.314 e. The lowest BCUT2D eigenvalue weighted by Gasteiger charge is -2.10. The first-order chi connectivity index (χ1) is 12.6. The molecule has 0 radical (unpaired) electrons. The molecule has 0 fully saturated rings. The molecular formula is C20H17N4O2+. The van der Waals surface area contributed by atoms with Crippen LogP contribution in [0.5, 0.6) is 5.88 Å². The molecular weight excluding hydrogens is 328 g/mol. The summed E-state index contributed by atoms with van der Waals surface area (Å²) in [6.07, 6.45) is 5.18. The summed E-state index contributed by atoms with van der Waals surface area (Å²) in [5, 5.41) is 0. The first-order valence-electron chi connectivity index (χ1n) is 8.03. The number of hydrogen-bond donors (Lipinski definition) is 1. The number of amides is 1. The number of fused-ring (bicyclic) bond motifs is 1. The van der Waals surface area contributed by atoms with E-state index in [1.807, 2.05) is 46.9 Å². The average Bonchev–Trinajstić information content (AvgIpc) is 3.25. The first kappa shape index (κ1) is 15.8. The molecule has 0 saturated heterocycles. The monoisotopic (exact) mass is 345 g/mol. The highest BCUT2D eigenvalue weighted by molar-refractivity contribution is 5.94. The van der Waals surface area contributed by atoms with Crippen LogP contribution in [-0.4, -0.2) is 33.7 Å². The minimum Gasteiger partial charge on any atom is -0.482 e. The van der Waals surface area contributed by atoms with Crippen molar-refractivity contribution in [1.29, 1.82) is 0 Å². The third-order valence-electron chi connectivity index (χ3n) is 4.33. The molecule has 1 amide bonds. The summed E-state index contributed by atoms with van der Waals surface area (Å²) in [5.74, 6) is 0.115. The molecule has 6 nitrogen and oxygen atoms in total. The molecule has 0 aliphatic carbocycles. The van der Waals surface area contributed by atoms with Crippen molar-refractivity contribution in [1.82, 2.24) is 9.38 Å². The molecule has 1 aliphatic rings. The molecule has 6 heteroatoms. The van der Waals surface area contributed by atoms with E-state index >= 15 is 0 Å². The van der Waals surface area contributed by atoms with E-state index < -0.39 is 5.91 Å². The number of carbonyl (C=O) groups excluding carboxylic acids is 1. The van der Waals surface area contributed by atoms with Crippen molar-refractivity contribution in [3.63, 3.8) is 0 Å². The van der Waals surface area contributed by atoms with Gasteiger partial charge in [-0.1, -0.05) is 30.3 Å². The van der Waals surface area contributed by atoms with Gasteiger partial charge in [0.15, 0.2) is 12.1 Å². The number of hydrogen-bond acceptors (Lipinski definition) is 3. The number of allylic oxidation sites excluding steroid dienone is 2. The highest BCUT2D eigenvalue weighted by Crippen LogP contribution is 2.31. The number of nitrogens with zero attached hydrogens (tertiary/aromatic N) is 3. The van der Waals surface area contributed by atoms with E-state index in [0.29, 0.717) is 11.6 Å². The number of imidazole rings is 1. The maximum Gasteiger partial charge on any atom is 0.314 e. The Kier molecular flexibility index (Phi) is 3.65. The van der Waals surface area contributed by atoms with Crippen LogP contribution in [0.2, 0.25) is 0 Å². The van der Waals surface area contributed by atoms with Crippen molar-refractivity contribution < 1.29 is 14.1 Å². The molecule has 0 spiro atoms. The topological polar surface area (TPSA) is 72.6 Å². The minimum absolute atomic E-state index is 0.329. The van der Waals surface area contributed by atoms with Crippen molar-refractivity contribution in [3.05, 3.63) is 72.3 Å². The number of rotatable bonds is 4. The van der Waals surface area contributed by atoms with Gasteiger partial charge < -0.3 is 10.5 Å². The number of ether oxygens (including phenoxy) is 1. The largest absolute Gasteiger partial charge is 0.482 e. The van der Waals surface area contributed by atoms with Crippen molar-refractivity contribution >= 4 is 23.8 Å². The number of nitrogens with two attached hydrogens (primary N) is 1. The third-order valence-corrected chi connectivity index (χ3v) is 4.33. The van der Waals surface area contributed by atoms with Crippen LogP contribution in [0, 0.1) is 0 Å². The molecule has 4 rings (SSSR count). The molecule has 2 aromatic heterocycles. The van der Waals surface area contributed by atoms with Crippen LogP contribution in [0.15, 0.2) is 66.6 Å². The second-order valence-corrected chi connectivity index (χ2v) is 5.94. The zero-order chi connectivity index (χ0) is 18.3. The molecule has 26 heavy (non-hydrogen) atoms. The molecule has 0 saturated carbocycles. The zero-order valence-corrected chi connectivity index (χ0v) is 14.2. The SMILES string of the molecule is C=[N+]1C=C(c2cnc3cc(-c4ccccc4)cc(OC)n23)C=C1C(N)=O. The predicted molar refractivity (Wildman–Crippen MR) is 99.8 cm³/mol. The summed E-state index contributed by atoms with van der Waals surface area (Å²) in [7, 11) is 1.62. The van der Waals surface area contributed by atoms with Crippen LogP contribution in [-0.2, 0) is 4.79 Å². The van der Waals surface area contributed by atoms with Crippen LogP contribution >= 0.6 is 0 Å². The molecule has 2 N–H and O–H groups in total. The van der Waals surface area contributed by atoms with Gasteiger partial charge in [0.2, 0.25) is 0 Å². The fourth-order valence-corrected chi connectivity index (χ4v) is 3.09. The highest BCUT2D eigenvalue weighted by atomic mass is 16.5. The Morgan fingerprint density at radius 3 is 2.65 bits per heavy atom. The van der Waals surface area contributed by atoms with Crippen LogP contribution in [0.3, 0.4) is 0 Å². The molecule has 1 aromatic carbocycles. The summed E-state index contributed by atoms with van der Waals surface area (Å²) >= 11 is 0. The third kappa shape index (κ3) is 2.48. The number of carbonyl (C=O) groups is 1. The Hall–Kier alpha value is -3.67.